The highest BCUT2D eigenvalue weighted by atomic mass is 35.5. The first-order valence-electron chi connectivity index (χ1n) is 8.84. The van der Waals surface area contributed by atoms with Gasteiger partial charge in [0.1, 0.15) is 16.7 Å². The van der Waals surface area contributed by atoms with Crippen molar-refractivity contribution in [1.82, 2.24) is 4.90 Å². The summed E-state index contributed by atoms with van der Waals surface area (Å²) >= 11 is 12.4. The van der Waals surface area contributed by atoms with Crippen molar-refractivity contribution in [2.75, 3.05) is 20.2 Å². The van der Waals surface area contributed by atoms with E-state index in [0.29, 0.717) is 40.2 Å². The minimum atomic E-state index is -1.43. The van der Waals surface area contributed by atoms with Gasteiger partial charge >= 0.3 is 0 Å². The highest BCUT2D eigenvalue weighted by Gasteiger charge is 2.30. The number of hydrogen-bond donors (Lipinski definition) is 0. The molecule has 150 valence electrons. The Bertz CT molecular complexity index is 767. The molecule has 27 heavy (non-hydrogen) atoms. The first-order chi connectivity index (χ1) is 12.5. The van der Waals surface area contributed by atoms with Crippen molar-refractivity contribution in [2.24, 2.45) is 10.3 Å². The average molecular weight is 433 g/mol. The molecule has 1 atom stereocenters. The highest BCUT2D eigenvalue weighted by Crippen LogP contribution is 2.35. The summed E-state index contributed by atoms with van der Waals surface area (Å²) in [7, 11) is 0.122. The van der Waals surface area contributed by atoms with Gasteiger partial charge in [0.15, 0.2) is 0 Å². The summed E-state index contributed by atoms with van der Waals surface area (Å²) in [4.78, 5) is 13.5. The number of ether oxygens (including phenoxy) is 1. The number of methoxy groups -OCH3 is 1. The van der Waals surface area contributed by atoms with Gasteiger partial charge in [0.05, 0.1) is 27.6 Å². The first kappa shape index (κ1) is 22.2. The standard InChI is InChI=1S/C19H26Cl2N2O3S/c1-12(24)23-8-6-13(7-9-23)18(22-27(25)19(2,3)4)14-10-15(20)16(21)11-17(14)26-5/h10-11,13H,6-9H2,1-5H3/b22-18+. The third kappa shape index (κ3) is 5.46. The Labute approximate surface area is 173 Å². The van der Waals surface area contributed by atoms with Crippen LogP contribution in [0.25, 0.3) is 0 Å². The fraction of sp³-hybridized carbons (Fsp3) is 0.579. The summed E-state index contributed by atoms with van der Waals surface area (Å²) in [6.45, 7) is 8.51. The van der Waals surface area contributed by atoms with Gasteiger partial charge < -0.3 is 9.64 Å². The zero-order valence-electron chi connectivity index (χ0n) is 16.3. The van der Waals surface area contributed by atoms with Crippen LogP contribution in [0.2, 0.25) is 10.0 Å². The monoisotopic (exact) mass is 432 g/mol. The van der Waals surface area contributed by atoms with Crippen LogP contribution in [0, 0.1) is 5.92 Å². The summed E-state index contributed by atoms with van der Waals surface area (Å²) < 4.78 is 22.4. The Morgan fingerprint density at radius 2 is 1.78 bits per heavy atom. The molecule has 0 bridgehead atoms. The smallest absolute Gasteiger partial charge is 0.219 e. The second-order valence-corrected chi connectivity index (χ2v) is 10.3. The molecule has 0 spiro atoms. The maximum absolute atomic E-state index is 12.8. The number of hydrogen-bond acceptors (Lipinski definition) is 3. The molecule has 8 heteroatoms. The molecule has 1 unspecified atom stereocenters. The zero-order chi connectivity index (χ0) is 20.4. The molecule has 1 heterocycles. The van der Waals surface area contributed by atoms with Crippen LogP contribution in [0.4, 0.5) is 0 Å². The molecule has 1 saturated heterocycles. The van der Waals surface area contributed by atoms with Crippen LogP contribution in [0.15, 0.2) is 16.5 Å². The second-order valence-electron chi connectivity index (χ2n) is 7.58. The fourth-order valence-corrected chi connectivity index (χ4v) is 3.95. The Morgan fingerprint density at radius 3 is 2.26 bits per heavy atom. The number of nitrogens with zero attached hydrogens (tertiary/aromatic N) is 2. The molecule has 0 aromatic heterocycles. The van der Waals surface area contributed by atoms with Gasteiger partial charge in [-0.25, -0.2) is 4.21 Å². The molecular formula is C19H26Cl2N2O3S. The molecule has 1 amide bonds. The van der Waals surface area contributed by atoms with Gasteiger partial charge in [-0.15, -0.1) is 0 Å². The van der Waals surface area contributed by atoms with Crippen molar-refractivity contribution in [3.63, 3.8) is 0 Å². The van der Waals surface area contributed by atoms with Crippen molar-refractivity contribution >= 4 is 45.8 Å². The lowest BCUT2D eigenvalue weighted by molar-refractivity contribution is -0.129. The van der Waals surface area contributed by atoms with E-state index in [1.54, 1.807) is 26.2 Å². The van der Waals surface area contributed by atoms with Gasteiger partial charge in [-0.3, -0.25) is 4.79 Å². The zero-order valence-corrected chi connectivity index (χ0v) is 18.7. The van der Waals surface area contributed by atoms with Crippen molar-refractivity contribution in [3.8, 4) is 5.75 Å². The molecule has 1 aromatic carbocycles. The predicted octanol–water partition coefficient (Wildman–Crippen LogP) is 4.51. The topological polar surface area (TPSA) is 59.0 Å². The molecule has 0 N–H and O–H groups in total. The summed E-state index contributed by atoms with van der Waals surface area (Å²) in [5, 5.41) is 0.780. The molecule has 1 aliphatic rings. The van der Waals surface area contributed by atoms with E-state index in [4.69, 9.17) is 27.9 Å². The van der Waals surface area contributed by atoms with Crippen molar-refractivity contribution in [1.29, 1.82) is 0 Å². The molecule has 0 radical (unpaired) electrons. The van der Waals surface area contributed by atoms with Gasteiger partial charge in [-0.1, -0.05) is 23.2 Å². The number of piperidine rings is 1. The fourth-order valence-electron chi connectivity index (χ4n) is 2.94. The summed E-state index contributed by atoms with van der Waals surface area (Å²) in [6, 6.07) is 3.37. The van der Waals surface area contributed by atoms with E-state index in [9.17, 15) is 9.00 Å². The third-order valence-electron chi connectivity index (χ3n) is 4.55. The quantitative estimate of drug-likeness (QED) is 0.657. The summed E-state index contributed by atoms with van der Waals surface area (Å²) in [6.07, 6.45) is 1.48. The maximum Gasteiger partial charge on any atom is 0.219 e. The Morgan fingerprint density at radius 1 is 1.22 bits per heavy atom. The number of likely N-dealkylation sites (tertiary alicyclic amines) is 1. The lowest BCUT2D eigenvalue weighted by atomic mass is 9.88. The lowest BCUT2D eigenvalue weighted by Crippen LogP contribution is -2.39. The number of carbonyl (C=O) groups is 1. The number of benzene rings is 1. The number of rotatable bonds is 4. The van der Waals surface area contributed by atoms with E-state index in [2.05, 4.69) is 4.40 Å². The minimum Gasteiger partial charge on any atom is -0.496 e. The average Bonchev–Trinajstić information content (AvgIpc) is 2.60. The van der Waals surface area contributed by atoms with Crippen LogP contribution >= 0.6 is 23.2 Å². The minimum absolute atomic E-state index is 0.0537. The second kappa shape index (κ2) is 8.93. The van der Waals surface area contributed by atoms with E-state index < -0.39 is 15.7 Å². The van der Waals surface area contributed by atoms with Gasteiger partial charge in [0, 0.05) is 37.6 Å². The molecule has 1 fully saturated rings. The largest absolute Gasteiger partial charge is 0.496 e. The molecule has 0 saturated carbocycles. The van der Waals surface area contributed by atoms with Crippen molar-refractivity contribution in [2.45, 2.75) is 45.3 Å². The summed E-state index contributed by atoms with van der Waals surface area (Å²) in [5.41, 5.74) is 1.40. The number of halogens is 2. The van der Waals surface area contributed by atoms with Crippen LogP contribution in [-0.2, 0) is 15.8 Å². The number of carbonyl (C=O) groups excluding carboxylic acids is 1. The van der Waals surface area contributed by atoms with E-state index in [0.717, 1.165) is 12.8 Å². The van der Waals surface area contributed by atoms with Gasteiger partial charge in [0.25, 0.3) is 0 Å². The number of amides is 1. The van der Waals surface area contributed by atoms with E-state index in [1.165, 1.54) is 0 Å². The van der Waals surface area contributed by atoms with Crippen molar-refractivity contribution in [3.05, 3.63) is 27.7 Å². The molecule has 1 aromatic rings. The Hall–Kier alpha value is -1.11. The summed E-state index contributed by atoms with van der Waals surface area (Å²) in [5.74, 6) is 0.665. The van der Waals surface area contributed by atoms with Crippen LogP contribution in [0.3, 0.4) is 0 Å². The molecule has 1 aliphatic heterocycles. The van der Waals surface area contributed by atoms with Crippen LogP contribution in [0.5, 0.6) is 5.75 Å². The van der Waals surface area contributed by atoms with Crippen LogP contribution in [-0.4, -0.2) is 45.7 Å². The third-order valence-corrected chi connectivity index (χ3v) is 6.68. The Balaban J connectivity index is 2.49. The molecule has 0 aliphatic carbocycles. The highest BCUT2D eigenvalue weighted by molar-refractivity contribution is 7.85. The predicted molar refractivity (Wildman–Crippen MR) is 112 cm³/mol. The molecule has 5 nitrogen and oxygen atoms in total. The van der Waals surface area contributed by atoms with Crippen molar-refractivity contribution < 1.29 is 13.7 Å². The van der Waals surface area contributed by atoms with Crippen LogP contribution in [0.1, 0.15) is 46.1 Å². The van der Waals surface area contributed by atoms with Crippen LogP contribution < -0.4 is 4.74 Å². The molecule has 2 rings (SSSR count). The molecular weight excluding hydrogens is 407 g/mol. The normalized spacial score (nSPS) is 17.7. The lowest BCUT2D eigenvalue weighted by Gasteiger charge is -2.32. The van der Waals surface area contributed by atoms with E-state index in [1.807, 2.05) is 25.7 Å². The maximum atomic E-state index is 12.8. The van der Waals surface area contributed by atoms with Gasteiger partial charge in [-0.05, 0) is 39.7 Å². The van der Waals surface area contributed by atoms with Gasteiger partial charge in [-0.2, -0.15) is 4.40 Å². The van der Waals surface area contributed by atoms with Gasteiger partial charge in [0.2, 0.25) is 5.91 Å². The van der Waals surface area contributed by atoms with E-state index >= 15 is 0 Å². The first-order valence-corrected chi connectivity index (χ1v) is 10.7. The Kier molecular flexibility index (Phi) is 7.33. The van der Waals surface area contributed by atoms with E-state index in [-0.39, 0.29) is 11.8 Å². The SMILES string of the molecule is COc1cc(Cl)c(Cl)cc1/C(=N/S(=O)C(C)(C)C)C1CCN(C(C)=O)CC1.